The van der Waals surface area contributed by atoms with Gasteiger partial charge in [-0.1, -0.05) is 6.07 Å². The molecule has 92 valence electrons. The maximum atomic E-state index is 10.9. The minimum Gasteiger partial charge on any atom is -0.481 e. The van der Waals surface area contributed by atoms with Gasteiger partial charge in [0.1, 0.15) is 12.9 Å². The molecule has 0 aliphatic rings. The van der Waals surface area contributed by atoms with E-state index in [1.54, 1.807) is 0 Å². The standard InChI is InChI=1S/C12H9NO4S/c14-7-9-3-4-12(11(6-9)13(15)16)17-8-10-2-1-5-18-10/h1-7H,8H2. The van der Waals surface area contributed by atoms with Crippen molar-refractivity contribution in [3.05, 3.63) is 56.3 Å². The van der Waals surface area contributed by atoms with Gasteiger partial charge in [-0.15, -0.1) is 11.3 Å². The largest absolute Gasteiger partial charge is 0.481 e. The van der Waals surface area contributed by atoms with E-state index in [4.69, 9.17) is 4.74 Å². The lowest BCUT2D eigenvalue weighted by Gasteiger charge is -2.05. The van der Waals surface area contributed by atoms with Gasteiger partial charge in [-0.3, -0.25) is 14.9 Å². The van der Waals surface area contributed by atoms with Crippen molar-refractivity contribution in [2.24, 2.45) is 0 Å². The second-order valence-electron chi connectivity index (χ2n) is 3.47. The van der Waals surface area contributed by atoms with Crippen molar-refractivity contribution < 1.29 is 14.5 Å². The van der Waals surface area contributed by atoms with Gasteiger partial charge in [0.15, 0.2) is 5.75 Å². The van der Waals surface area contributed by atoms with Crippen molar-refractivity contribution >= 4 is 23.3 Å². The molecule has 0 fully saturated rings. The summed E-state index contributed by atoms with van der Waals surface area (Å²) >= 11 is 1.51. The number of ether oxygens (including phenoxy) is 1. The lowest BCUT2D eigenvalue weighted by Crippen LogP contribution is -1.98. The molecule has 1 aromatic heterocycles. The molecule has 0 spiro atoms. The zero-order valence-electron chi connectivity index (χ0n) is 9.24. The molecule has 0 aliphatic heterocycles. The van der Waals surface area contributed by atoms with Crippen LogP contribution in [0.4, 0.5) is 5.69 Å². The molecule has 1 heterocycles. The van der Waals surface area contributed by atoms with Crippen molar-refractivity contribution in [2.45, 2.75) is 6.61 Å². The normalized spacial score (nSPS) is 10.0. The quantitative estimate of drug-likeness (QED) is 0.472. The smallest absolute Gasteiger partial charge is 0.311 e. The van der Waals surface area contributed by atoms with Crippen molar-refractivity contribution in [1.82, 2.24) is 0 Å². The summed E-state index contributed by atoms with van der Waals surface area (Å²) in [5.74, 6) is 0.166. The number of nitrogens with zero attached hydrogens (tertiary/aromatic N) is 1. The first kappa shape index (κ1) is 12.3. The number of nitro benzene ring substituents is 1. The Hall–Kier alpha value is -2.21. The average Bonchev–Trinajstić information content (AvgIpc) is 2.89. The zero-order chi connectivity index (χ0) is 13.0. The van der Waals surface area contributed by atoms with E-state index in [0.717, 1.165) is 4.88 Å². The molecular formula is C12H9NO4S. The van der Waals surface area contributed by atoms with Crippen LogP contribution in [0.2, 0.25) is 0 Å². The monoisotopic (exact) mass is 263 g/mol. The van der Waals surface area contributed by atoms with Gasteiger partial charge in [-0.2, -0.15) is 0 Å². The van der Waals surface area contributed by atoms with Gasteiger partial charge in [-0.05, 0) is 23.6 Å². The SMILES string of the molecule is O=Cc1ccc(OCc2cccs2)c([N+](=O)[O-])c1. The Morgan fingerprint density at radius 3 is 2.83 bits per heavy atom. The topological polar surface area (TPSA) is 69.4 Å². The van der Waals surface area contributed by atoms with Crippen LogP contribution in [0.1, 0.15) is 15.2 Å². The van der Waals surface area contributed by atoms with Gasteiger partial charge in [0.2, 0.25) is 0 Å². The van der Waals surface area contributed by atoms with E-state index in [-0.39, 0.29) is 23.6 Å². The third-order valence-electron chi connectivity index (χ3n) is 2.27. The van der Waals surface area contributed by atoms with Crippen LogP contribution in [-0.2, 0) is 6.61 Å². The Bertz CT molecular complexity index is 565. The third kappa shape index (κ3) is 2.72. The molecule has 0 N–H and O–H groups in total. The van der Waals surface area contributed by atoms with Crippen LogP contribution in [0.5, 0.6) is 5.75 Å². The van der Waals surface area contributed by atoms with E-state index >= 15 is 0 Å². The molecule has 0 aliphatic carbocycles. The molecule has 0 saturated carbocycles. The van der Waals surface area contributed by atoms with Crippen LogP contribution in [0.15, 0.2) is 35.7 Å². The maximum absolute atomic E-state index is 10.9. The Balaban J connectivity index is 2.21. The number of nitro groups is 1. The van der Waals surface area contributed by atoms with Gasteiger partial charge in [-0.25, -0.2) is 0 Å². The van der Waals surface area contributed by atoms with Crippen LogP contribution in [0.25, 0.3) is 0 Å². The van der Waals surface area contributed by atoms with Gasteiger partial charge in [0.25, 0.3) is 0 Å². The van der Waals surface area contributed by atoms with Crippen LogP contribution < -0.4 is 4.74 Å². The molecule has 6 heteroatoms. The summed E-state index contributed by atoms with van der Waals surface area (Å²) in [7, 11) is 0. The number of aldehydes is 1. The van der Waals surface area contributed by atoms with Gasteiger partial charge in [0.05, 0.1) is 4.92 Å². The van der Waals surface area contributed by atoms with Gasteiger partial charge >= 0.3 is 5.69 Å². The predicted octanol–water partition coefficient (Wildman–Crippen LogP) is 3.05. The summed E-state index contributed by atoms with van der Waals surface area (Å²) in [6.45, 7) is 0.277. The van der Waals surface area contributed by atoms with Gasteiger partial charge in [0, 0.05) is 16.5 Å². The van der Waals surface area contributed by atoms with Crippen LogP contribution in [0, 0.1) is 10.1 Å². The highest BCUT2D eigenvalue weighted by Crippen LogP contribution is 2.28. The molecule has 0 unspecified atom stereocenters. The minimum absolute atomic E-state index is 0.166. The summed E-state index contributed by atoms with van der Waals surface area (Å²) < 4.78 is 5.40. The maximum Gasteiger partial charge on any atom is 0.311 e. The number of hydrogen-bond donors (Lipinski definition) is 0. The third-order valence-corrected chi connectivity index (χ3v) is 3.12. The van der Waals surface area contributed by atoms with E-state index in [9.17, 15) is 14.9 Å². The Morgan fingerprint density at radius 1 is 1.39 bits per heavy atom. The van der Waals surface area contributed by atoms with E-state index in [0.29, 0.717) is 6.29 Å². The minimum atomic E-state index is -0.559. The second-order valence-corrected chi connectivity index (χ2v) is 4.50. The molecule has 5 nitrogen and oxygen atoms in total. The molecule has 18 heavy (non-hydrogen) atoms. The molecule has 0 saturated heterocycles. The Kier molecular flexibility index (Phi) is 3.69. The molecule has 0 atom stereocenters. The second kappa shape index (κ2) is 5.42. The number of thiophene rings is 1. The fourth-order valence-electron chi connectivity index (χ4n) is 1.42. The molecule has 0 amide bonds. The summed E-state index contributed by atoms with van der Waals surface area (Å²) in [4.78, 5) is 21.9. The molecule has 0 radical (unpaired) electrons. The van der Waals surface area contributed by atoms with Crippen LogP contribution in [-0.4, -0.2) is 11.2 Å². The summed E-state index contributed by atoms with van der Waals surface area (Å²) in [5.41, 5.74) is 0.0568. The fourth-order valence-corrected chi connectivity index (χ4v) is 2.03. The highest BCUT2D eigenvalue weighted by atomic mass is 32.1. The molecule has 2 aromatic rings. The highest BCUT2D eigenvalue weighted by Gasteiger charge is 2.16. The van der Waals surface area contributed by atoms with Gasteiger partial charge < -0.3 is 4.74 Å². The van der Waals surface area contributed by atoms with Crippen LogP contribution in [0.3, 0.4) is 0 Å². The number of carbonyl (C=O) groups excluding carboxylic acids is 1. The average molecular weight is 263 g/mol. The number of hydrogen-bond acceptors (Lipinski definition) is 5. The Labute approximate surface area is 107 Å². The Morgan fingerprint density at radius 2 is 2.22 bits per heavy atom. The van der Waals surface area contributed by atoms with Crippen molar-refractivity contribution in [3.8, 4) is 5.75 Å². The van der Waals surface area contributed by atoms with E-state index in [1.807, 2.05) is 17.5 Å². The van der Waals surface area contributed by atoms with Crippen molar-refractivity contribution in [3.63, 3.8) is 0 Å². The van der Waals surface area contributed by atoms with Crippen molar-refractivity contribution in [1.29, 1.82) is 0 Å². The lowest BCUT2D eigenvalue weighted by atomic mass is 10.2. The molecule has 1 aromatic carbocycles. The number of benzene rings is 1. The summed E-state index contributed by atoms with van der Waals surface area (Å²) in [6, 6.07) is 7.90. The fraction of sp³-hybridized carbons (Fsp3) is 0.0833. The lowest BCUT2D eigenvalue weighted by molar-refractivity contribution is -0.386. The van der Waals surface area contributed by atoms with E-state index in [2.05, 4.69) is 0 Å². The number of rotatable bonds is 5. The first-order valence-electron chi connectivity index (χ1n) is 5.09. The molecule has 0 bridgehead atoms. The van der Waals surface area contributed by atoms with Crippen molar-refractivity contribution in [2.75, 3.05) is 0 Å². The number of carbonyl (C=O) groups is 1. The summed E-state index contributed by atoms with van der Waals surface area (Å²) in [6.07, 6.45) is 0.566. The molecular weight excluding hydrogens is 254 g/mol. The summed E-state index contributed by atoms with van der Waals surface area (Å²) in [5, 5.41) is 12.8. The first-order valence-corrected chi connectivity index (χ1v) is 5.97. The zero-order valence-corrected chi connectivity index (χ0v) is 10.1. The van der Waals surface area contributed by atoms with Crippen LogP contribution >= 0.6 is 11.3 Å². The van der Waals surface area contributed by atoms with E-state index in [1.165, 1.54) is 29.5 Å². The first-order chi connectivity index (χ1) is 8.70. The molecule has 2 rings (SSSR count). The highest BCUT2D eigenvalue weighted by molar-refractivity contribution is 7.09. The van der Waals surface area contributed by atoms with E-state index < -0.39 is 4.92 Å². The predicted molar refractivity (Wildman–Crippen MR) is 67.1 cm³/mol.